The van der Waals surface area contributed by atoms with Gasteiger partial charge in [0.05, 0.1) is 6.04 Å². The Morgan fingerprint density at radius 1 is 1.12 bits per heavy atom. The third kappa shape index (κ3) is 4.42. The van der Waals surface area contributed by atoms with Crippen molar-refractivity contribution in [1.82, 2.24) is 9.88 Å². The van der Waals surface area contributed by atoms with Crippen LogP contribution in [0, 0.1) is 0 Å². The summed E-state index contributed by atoms with van der Waals surface area (Å²) in [6.45, 7) is 1.70. The van der Waals surface area contributed by atoms with E-state index in [1.807, 2.05) is 28.5 Å². The molecule has 0 aliphatic carbocycles. The van der Waals surface area contributed by atoms with Crippen molar-refractivity contribution in [3.63, 3.8) is 0 Å². The molecular formula is C19H25N3OS. The van der Waals surface area contributed by atoms with Crippen molar-refractivity contribution in [2.24, 2.45) is 5.73 Å². The Bertz CT molecular complexity index is 648. The van der Waals surface area contributed by atoms with Gasteiger partial charge in [-0.1, -0.05) is 49.6 Å². The molecule has 1 unspecified atom stereocenters. The zero-order chi connectivity index (χ0) is 16.8. The second kappa shape index (κ2) is 8.40. The van der Waals surface area contributed by atoms with E-state index in [4.69, 9.17) is 5.73 Å². The molecule has 1 saturated heterocycles. The molecule has 1 amide bonds. The molecule has 0 bridgehead atoms. The van der Waals surface area contributed by atoms with Gasteiger partial charge in [-0.2, -0.15) is 0 Å². The Balaban J connectivity index is 1.64. The van der Waals surface area contributed by atoms with Gasteiger partial charge in [-0.15, -0.1) is 11.3 Å². The molecule has 0 saturated carbocycles. The number of carbonyl (C=O) groups is 1. The first-order valence-corrected chi connectivity index (χ1v) is 9.66. The van der Waals surface area contributed by atoms with Crippen LogP contribution in [-0.4, -0.2) is 28.9 Å². The topological polar surface area (TPSA) is 59.2 Å². The molecule has 2 aromatic rings. The number of nitrogens with zero attached hydrogens (tertiary/aromatic N) is 2. The minimum absolute atomic E-state index is 0.0614. The molecule has 128 valence electrons. The number of likely N-dealkylation sites (tertiary alicyclic amines) is 1. The van der Waals surface area contributed by atoms with Gasteiger partial charge in [0.2, 0.25) is 0 Å². The van der Waals surface area contributed by atoms with Crippen LogP contribution >= 0.6 is 11.3 Å². The summed E-state index contributed by atoms with van der Waals surface area (Å²) in [5.74, 6) is 0.0614. The van der Waals surface area contributed by atoms with Crippen molar-refractivity contribution in [3.05, 3.63) is 52.0 Å². The number of hydrogen-bond donors (Lipinski definition) is 1. The van der Waals surface area contributed by atoms with E-state index >= 15 is 0 Å². The number of carbonyl (C=O) groups excluding carboxylic acids is 1. The molecule has 1 aromatic carbocycles. The summed E-state index contributed by atoms with van der Waals surface area (Å²) in [4.78, 5) is 19.2. The molecule has 0 spiro atoms. The molecule has 1 aliphatic rings. The Kier molecular flexibility index (Phi) is 5.99. The minimum atomic E-state index is -0.161. The van der Waals surface area contributed by atoms with Crippen molar-refractivity contribution in [2.75, 3.05) is 13.1 Å². The van der Waals surface area contributed by atoms with Gasteiger partial charge in [-0.05, 0) is 24.8 Å². The summed E-state index contributed by atoms with van der Waals surface area (Å²) in [6.07, 6.45) is 6.65. The highest BCUT2D eigenvalue weighted by Crippen LogP contribution is 2.22. The summed E-state index contributed by atoms with van der Waals surface area (Å²) in [5.41, 5.74) is 8.03. The Hall–Kier alpha value is -1.72. The van der Waals surface area contributed by atoms with Gasteiger partial charge in [-0.3, -0.25) is 4.79 Å². The van der Waals surface area contributed by atoms with E-state index in [1.54, 1.807) is 0 Å². The number of benzene rings is 1. The average molecular weight is 343 g/mol. The third-order valence-corrected chi connectivity index (χ3v) is 5.48. The fourth-order valence-corrected chi connectivity index (χ4v) is 3.92. The first-order valence-electron chi connectivity index (χ1n) is 8.78. The average Bonchev–Trinajstić information content (AvgIpc) is 3.05. The molecular weight excluding hydrogens is 318 g/mol. The molecule has 2 heterocycles. The van der Waals surface area contributed by atoms with Crippen LogP contribution in [-0.2, 0) is 6.42 Å². The van der Waals surface area contributed by atoms with Crippen molar-refractivity contribution in [3.8, 4) is 0 Å². The van der Waals surface area contributed by atoms with Crippen LogP contribution in [0.4, 0.5) is 0 Å². The maximum Gasteiger partial charge on any atom is 0.273 e. The minimum Gasteiger partial charge on any atom is -0.337 e. The molecule has 1 fully saturated rings. The second-order valence-corrected chi connectivity index (χ2v) is 7.32. The summed E-state index contributed by atoms with van der Waals surface area (Å²) in [5, 5.41) is 2.70. The second-order valence-electron chi connectivity index (χ2n) is 6.43. The SMILES string of the molecule is NC(Cc1ccccc1)c1nc(C(=O)N2CCCCCCC2)cs1. The summed E-state index contributed by atoms with van der Waals surface area (Å²) in [7, 11) is 0. The van der Waals surface area contributed by atoms with Crippen LogP contribution in [0.15, 0.2) is 35.7 Å². The van der Waals surface area contributed by atoms with E-state index < -0.39 is 0 Å². The maximum absolute atomic E-state index is 12.7. The highest BCUT2D eigenvalue weighted by Gasteiger charge is 2.21. The van der Waals surface area contributed by atoms with E-state index in [1.165, 1.54) is 36.2 Å². The summed E-state index contributed by atoms with van der Waals surface area (Å²) in [6, 6.07) is 10.0. The molecule has 3 rings (SSSR count). The Morgan fingerprint density at radius 2 is 1.79 bits per heavy atom. The van der Waals surface area contributed by atoms with Gasteiger partial charge < -0.3 is 10.6 Å². The Morgan fingerprint density at radius 3 is 2.50 bits per heavy atom. The largest absolute Gasteiger partial charge is 0.337 e. The number of rotatable bonds is 4. The molecule has 5 heteroatoms. The van der Waals surface area contributed by atoms with Gasteiger partial charge in [0, 0.05) is 18.5 Å². The summed E-state index contributed by atoms with van der Waals surface area (Å²) < 4.78 is 0. The lowest BCUT2D eigenvalue weighted by Crippen LogP contribution is -2.34. The highest BCUT2D eigenvalue weighted by atomic mass is 32.1. The first kappa shape index (κ1) is 17.1. The van der Waals surface area contributed by atoms with E-state index in [-0.39, 0.29) is 11.9 Å². The van der Waals surface area contributed by atoms with Crippen LogP contribution in [0.5, 0.6) is 0 Å². The zero-order valence-electron chi connectivity index (χ0n) is 14.0. The first-order chi connectivity index (χ1) is 11.7. The van der Waals surface area contributed by atoms with E-state index in [9.17, 15) is 4.79 Å². The summed E-state index contributed by atoms with van der Waals surface area (Å²) >= 11 is 1.49. The third-order valence-electron chi connectivity index (χ3n) is 4.50. The molecule has 0 radical (unpaired) electrons. The predicted octanol–water partition coefficient (Wildman–Crippen LogP) is 3.79. The van der Waals surface area contributed by atoms with E-state index in [0.717, 1.165) is 37.4 Å². The van der Waals surface area contributed by atoms with Gasteiger partial charge >= 0.3 is 0 Å². The Labute approximate surface area is 147 Å². The fraction of sp³-hybridized carbons (Fsp3) is 0.474. The number of amides is 1. The standard InChI is InChI=1S/C19H25N3OS/c20-16(13-15-9-5-4-6-10-15)18-21-17(14-24-18)19(23)22-11-7-2-1-3-8-12-22/h4-6,9-10,14,16H,1-3,7-8,11-13,20H2. The zero-order valence-corrected chi connectivity index (χ0v) is 14.8. The maximum atomic E-state index is 12.7. The number of hydrogen-bond acceptors (Lipinski definition) is 4. The van der Waals surface area contributed by atoms with Crippen LogP contribution < -0.4 is 5.73 Å². The van der Waals surface area contributed by atoms with Gasteiger partial charge in [-0.25, -0.2) is 4.98 Å². The van der Waals surface area contributed by atoms with Crippen LogP contribution in [0.25, 0.3) is 0 Å². The molecule has 1 aromatic heterocycles. The monoisotopic (exact) mass is 343 g/mol. The molecule has 1 aliphatic heterocycles. The van der Waals surface area contributed by atoms with Crippen LogP contribution in [0.2, 0.25) is 0 Å². The van der Waals surface area contributed by atoms with Crippen molar-refractivity contribution < 1.29 is 4.79 Å². The number of thiazole rings is 1. The normalized spacial score (nSPS) is 17.1. The van der Waals surface area contributed by atoms with E-state index in [0.29, 0.717) is 5.69 Å². The molecule has 2 N–H and O–H groups in total. The van der Waals surface area contributed by atoms with Crippen LogP contribution in [0.1, 0.15) is 59.2 Å². The smallest absolute Gasteiger partial charge is 0.273 e. The predicted molar refractivity (Wildman–Crippen MR) is 98.2 cm³/mol. The van der Waals surface area contributed by atoms with Gasteiger partial charge in [0.1, 0.15) is 10.7 Å². The van der Waals surface area contributed by atoms with Crippen molar-refractivity contribution in [2.45, 2.75) is 44.6 Å². The quantitative estimate of drug-likeness (QED) is 0.919. The van der Waals surface area contributed by atoms with Gasteiger partial charge in [0.25, 0.3) is 5.91 Å². The molecule has 24 heavy (non-hydrogen) atoms. The van der Waals surface area contributed by atoms with Crippen molar-refractivity contribution >= 4 is 17.2 Å². The fourth-order valence-electron chi connectivity index (χ4n) is 3.12. The molecule has 1 atom stereocenters. The lowest BCUT2D eigenvalue weighted by Gasteiger charge is -2.23. The number of aromatic nitrogens is 1. The highest BCUT2D eigenvalue weighted by molar-refractivity contribution is 7.09. The molecule has 4 nitrogen and oxygen atoms in total. The van der Waals surface area contributed by atoms with Crippen LogP contribution in [0.3, 0.4) is 0 Å². The van der Waals surface area contributed by atoms with E-state index in [2.05, 4.69) is 17.1 Å². The van der Waals surface area contributed by atoms with Gasteiger partial charge in [0.15, 0.2) is 0 Å². The lowest BCUT2D eigenvalue weighted by atomic mass is 10.1. The van der Waals surface area contributed by atoms with Crippen molar-refractivity contribution in [1.29, 1.82) is 0 Å². The lowest BCUT2D eigenvalue weighted by molar-refractivity contribution is 0.0737. The number of nitrogens with two attached hydrogens (primary N) is 1.